The summed E-state index contributed by atoms with van der Waals surface area (Å²) in [7, 11) is 0. The number of hydrogen-bond donors (Lipinski definition) is 2. The van der Waals surface area contributed by atoms with Gasteiger partial charge in [0.2, 0.25) is 0 Å². The predicted octanol–water partition coefficient (Wildman–Crippen LogP) is 1.36. The zero-order valence-electron chi connectivity index (χ0n) is 11.5. The standard InChI is InChI=1S/C15H16N4O2/c20-14(19-12-6-10-3-4-11(12)18-10)15-17-8-13(21-15)9-2-1-5-16-7-9/h1-2,5,7-8,10-12,18H,3-4,6H2,(H,19,20)/t10-,11+,12-/m1/s1. The second-order valence-corrected chi connectivity index (χ2v) is 5.63. The summed E-state index contributed by atoms with van der Waals surface area (Å²) in [5.74, 6) is 0.417. The van der Waals surface area contributed by atoms with Gasteiger partial charge in [0.15, 0.2) is 5.76 Å². The van der Waals surface area contributed by atoms with Crippen molar-refractivity contribution in [2.24, 2.45) is 0 Å². The van der Waals surface area contributed by atoms with E-state index in [1.807, 2.05) is 12.1 Å². The van der Waals surface area contributed by atoms with Crippen LogP contribution in [-0.2, 0) is 0 Å². The molecule has 2 aliphatic heterocycles. The van der Waals surface area contributed by atoms with Crippen LogP contribution in [0.3, 0.4) is 0 Å². The summed E-state index contributed by atoms with van der Waals surface area (Å²) in [5, 5.41) is 6.51. The Labute approximate surface area is 122 Å². The van der Waals surface area contributed by atoms with Gasteiger partial charge in [0.05, 0.1) is 6.20 Å². The van der Waals surface area contributed by atoms with Gasteiger partial charge in [-0.3, -0.25) is 9.78 Å². The summed E-state index contributed by atoms with van der Waals surface area (Å²) < 4.78 is 5.54. The van der Waals surface area contributed by atoms with Crippen molar-refractivity contribution in [3.8, 4) is 11.3 Å². The Morgan fingerprint density at radius 1 is 1.38 bits per heavy atom. The highest BCUT2D eigenvalue weighted by Gasteiger charge is 2.40. The Bertz CT molecular complexity index is 655. The number of rotatable bonds is 3. The Kier molecular flexibility index (Phi) is 2.96. The van der Waals surface area contributed by atoms with Gasteiger partial charge in [0, 0.05) is 36.1 Å². The Balaban J connectivity index is 1.47. The fourth-order valence-corrected chi connectivity index (χ4v) is 3.23. The van der Waals surface area contributed by atoms with Crippen LogP contribution in [0.5, 0.6) is 0 Å². The van der Waals surface area contributed by atoms with Crippen molar-refractivity contribution in [1.29, 1.82) is 0 Å². The van der Waals surface area contributed by atoms with E-state index < -0.39 is 0 Å². The van der Waals surface area contributed by atoms with E-state index in [2.05, 4.69) is 20.6 Å². The van der Waals surface area contributed by atoms with Gasteiger partial charge >= 0.3 is 5.91 Å². The maximum Gasteiger partial charge on any atom is 0.307 e. The van der Waals surface area contributed by atoms with Crippen LogP contribution in [0, 0.1) is 0 Å². The monoisotopic (exact) mass is 284 g/mol. The molecule has 0 aromatic carbocycles. The van der Waals surface area contributed by atoms with Gasteiger partial charge < -0.3 is 15.1 Å². The zero-order valence-corrected chi connectivity index (χ0v) is 11.5. The maximum absolute atomic E-state index is 12.2. The minimum Gasteiger partial charge on any atom is -0.432 e. The summed E-state index contributed by atoms with van der Waals surface area (Å²) in [4.78, 5) is 20.3. The predicted molar refractivity (Wildman–Crippen MR) is 75.6 cm³/mol. The lowest BCUT2D eigenvalue weighted by molar-refractivity contribution is 0.0896. The molecule has 108 valence electrons. The third kappa shape index (κ3) is 2.31. The molecule has 2 aromatic rings. The summed E-state index contributed by atoms with van der Waals surface area (Å²) in [6.07, 6.45) is 8.26. The van der Waals surface area contributed by atoms with Crippen molar-refractivity contribution >= 4 is 5.91 Å². The molecule has 4 heterocycles. The summed E-state index contributed by atoms with van der Waals surface area (Å²) in [6, 6.07) is 4.82. The molecule has 2 N–H and O–H groups in total. The summed E-state index contributed by atoms with van der Waals surface area (Å²) in [5.41, 5.74) is 0.811. The van der Waals surface area contributed by atoms with Crippen LogP contribution in [-0.4, -0.2) is 34.0 Å². The van der Waals surface area contributed by atoms with Gasteiger partial charge in [0.25, 0.3) is 5.89 Å². The molecule has 4 rings (SSSR count). The molecule has 0 unspecified atom stereocenters. The van der Waals surface area contributed by atoms with E-state index in [0.29, 0.717) is 17.8 Å². The van der Waals surface area contributed by atoms with Crippen molar-refractivity contribution in [2.75, 3.05) is 0 Å². The molecule has 0 radical (unpaired) electrons. The molecule has 21 heavy (non-hydrogen) atoms. The number of oxazole rings is 1. The number of carbonyl (C=O) groups is 1. The molecule has 2 bridgehead atoms. The van der Waals surface area contributed by atoms with Crippen LogP contribution < -0.4 is 10.6 Å². The van der Waals surface area contributed by atoms with Crippen LogP contribution in [0.1, 0.15) is 29.9 Å². The number of aromatic nitrogens is 2. The average molecular weight is 284 g/mol. The number of carbonyl (C=O) groups excluding carboxylic acids is 1. The number of amides is 1. The average Bonchev–Trinajstić information content (AvgIpc) is 3.24. The minimum atomic E-state index is -0.246. The molecule has 2 saturated heterocycles. The Morgan fingerprint density at radius 3 is 3.05 bits per heavy atom. The van der Waals surface area contributed by atoms with Crippen molar-refractivity contribution in [2.45, 2.75) is 37.4 Å². The number of nitrogens with zero attached hydrogens (tertiary/aromatic N) is 2. The highest BCUT2D eigenvalue weighted by Crippen LogP contribution is 2.28. The van der Waals surface area contributed by atoms with Gasteiger partial charge in [-0.15, -0.1) is 0 Å². The highest BCUT2D eigenvalue weighted by atomic mass is 16.4. The van der Waals surface area contributed by atoms with E-state index in [0.717, 1.165) is 18.4 Å². The molecule has 6 nitrogen and oxygen atoms in total. The lowest BCUT2D eigenvalue weighted by atomic mass is 9.95. The second-order valence-electron chi connectivity index (χ2n) is 5.63. The number of hydrogen-bond acceptors (Lipinski definition) is 5. The molecule has 2 fully saturated rings. The number of nitrogens with one attached hydrogen (secondary N) is 2. The lowest BCUT2D eigenvalue weighted by Gasteiger charge is -2.20. The van der Waals surface area contributed by atoms with E-state index in [1.165, 1.54) is 6.42 Å². The first-order valence-corrected chi connectivity index (χ1v) is 7.23. The van der Waals surface area contributed by atoms with E-state index in [9.17, 15) is 4.79 Å². The highest BCUT2D eigenvalue weighted by molar-refractivity contribution is 5.90. The molecule has 0 aliphatic carbocycles. The smallest absolute Gasteiger partial charge is 0.307 e. The Morgan fingerprint density at radius 2 is 2.33 bits per heavy atom. The molecule has 1 amide bonds. The second kappa shape index (κ2) is 4.96. The fourth-order valence-electron chi connectivity index (χ4n) is 3.23. The zero-order chi connectivity index (χ0) is 14.2. The molecular formula is C15H16N4O2. The van der Waals surface area contributed by atoms with Crippen molar-refractivity contribution in [1.82, 2.24) is 20.6 Å². The van der Waals surface area contributed by atoms with Crippen LogP contribution in [0.2, 0.25) is 0 Å². The first-order valence-electron chi connectivity index (χ1n) is 7.23. The Hall–Kier alpha value is -2.21. The fraction of sp³-hybridized carbons (Fsp3) is 0.400. The molecule has 2 aliphatic rings. The first-order chi connectivity index (χ1) is 10.3. The van der Waals surface area contributed by atoms with Gasteiger partial charge in [-0.05, 0) is 31.4 Å². The largest absolute Gasteiger partial charge is 0.432 e. The number of pyridine rings is 1. The third-order valence-electron chi connectivity index (χ3n) is 4.26. The van der Waals surface area contributed by atoms with Crippen molar-refractivity contribution in [3.05, 3.63) is 36.6 Å². The quantitative estimate of drug-likeness (QED) is 0.889. The molecule has 2 aromatic heterocycles. The summed E-state index contributed by atoms with van der Waals surface area (Å²) >= 11 is 0. The van der Waals surface area contributed by atoms with Crippen LogP contribution >= 0.6 is 0 Å². The maximum atomic E-state index is 12.2. The lowest BCUT2D eigenvalue weighted by Crippen LogP contribution is -2.43. The topological polar surface area (TPSA) is 80.0 Å². The van der Waals surface area contributed by atoms with Gasteiger partial charge in [-0.1, -0.05) is 0 Å². The number of fused-ring (bicyclic) bond motifs is 2. The molecule has 0 saturated carbocycles. The van der Waals surface area contributed by atoms with Gasteiger partial charge in [-0.25, -0.2) is 4.98 Å². The van der Waals surface area contributed by atoms with Crippen LogP contribution in [0.25, 0.3) is 11.3 Å². The third-order valence-corrected chi connectivity index (χ3v) is 4.26. The van der Waals surface area contributed by atoms with Gasteiger partial charge in [0.1, 0.15) is 0 Å². The van der Waals surface area contributed by atoms with Gasteiger partial charge in [-0.2, -0.15) is 0 Å². The first kappa shape index (κ1) is 12.5. The van der Waals surface area contributed by atoms with Crippen LogP contribution in [0.4, 0.5) is 0 Å². The SMILES string of the molecule is O=C(N[C@@H]1C[C@H]2CC[C@@H]1N2)c1ncc(-c2cccnc2)o1. The van der Waals surface area contributed by atoms with Crippen LogP contribution in [0.15, 0.2) is 35.1 Å². The minimum absolute atomic E-state index is 0.108. The van der Waals surface area contributed by atoms with Crippen molar-refractivity contribution in [3.63, 3.8) is 0 Å². The van der Waals surface area contributed by atoms with E-state index in [1.54, 1.807) is 18.6 Å². The summed E-state index contributed by atoms with van der Waals surface area (Å²) in [6.45, 7) is 0. The molecule has 3 atom stereocenters. The molecule has 0 spiro atoms. The van der Waals surface area contributed by atoms with E-state index in [-0.39, 0.29) is 17.8 Å². The molecule has 6 heteroatoms. The van der Waals surface area contributed by atoms with Crippen molar-refractivity contribution < 1.29 is 9.21 Å². The molecular weight excluding hydrogens is 268 g/mol. The van der Waals surface area contributed by atoms with E-state index >= 15 is 0 Å². The normalized spacial score (nSPS) is 27.0. The van der Waals surface area contributed by atoms with E-state index in [4.69, 9.17) is 4.42 Å².